The summed E-state index contributed by atoms with van der Waals surface area (Å²) in [6, 6.07) is 14.6. The lowest BCUT2D eigenvalue weighted by Crippen LogP contribution is -2.33. The third kappa shape index (κ3) is 3.07. The highest BCUT2D eigenvalue weighted by Gasteiger charge is 2.39. The second-order valence-electron chi connectivity index (χ2n) is 7.33. The van der Waals surface area contributed by atoms with Crippen LogP contribution in [0.5, 0.6) is 0 Å². The van der Waals surface area contributed by atoms with E-state index in [1.165, 1.54) is 17.2 Å². The maximum atomic E-state index is 13.9. The molecule has 2 aromatic heterocycles. The van der Waals surface area contributed by atoms with Crippen molar-refractivity contribution in [3.05, 3.63) is 94.5 Å². The number of nitrogens with zero attached hydrogens (tertiary/aromatic N) is 3. The van der Waals surface area contributed by atoms with Crippen molar-refractivity contribution in [3.63, 3.8) is 0 Å². The number of imide groups is 1. The molecule has 2 aromatic carbocycles. The fourth-order valence-corrected chi connectivity index (χ4v) is 4.19. The van der Waals surface area contributed by atoms with Crippen LogP contribution in [0.25, 0.3) is 22.2 Å². The zero-order chi connectivity index (χ0) is 21.7. The SMILES string of the molecule is C[C@H](c1cc2cccc(Cl)c2nc1-c1cncc(F)c1)N1C(=O)c2ccccc2C1=O. The number of aromatic nitrogens is 2. The van der Waals surface area contributed by atoms with Gasteiger partial charge >= 0.3 is 0 Å². The molecule has 152 valence electrons. The highest BCUT2D eigenvalue weighted by molar-refractivity contribution is 6.35. The number of hydrogen-bond donors (Lipinski definition) is 0. The van der Waals surface area contributed by atoms with E-state index in [2.05, 4.69) is 9.97 Å². The van der Waals surface area contributed by atoms with Crippen LogP contribution in [0.4, 0.5) is 4.39 Å². The molecule has 5 nitrogen and oxygen atoms in total. The van der Waals surface area contributed by atoms with Gasteiger partial charge in [0.25, 0.3) is 11.8 Å². The maximum Gasteiger partial charge on any atom is 0.262 e. The standard InChI is InChI=1S/C24H15ClFN3O2/c1-13(29-23(30)17-6-2-3-7-18(17)24(29)31)19-10-14-5-4-8-20(25)22(14)28-21(19)15-9-16(26)12-27-11-15/h2-13H,1H3/t13-/m1/s1. The average Bonchev–Trinajstić information content (AvgIpc) is 3.03. The van der Waals surface area contributed by atoms with Gasteiger partial charge in [-0.15, -0.1) is 0 Å². The minimum absolute atomic E-state index is 0.366. The number of para-hydroxylation sites is 1. The first-order valence-electron chi connectivity index (χ1n) is 9.62. The lowest BCUT2D eigenvalue weighted by Gasteiger charge is -2.25. The normalized spacial score (nSPS) is 14.2. The average molecular weight is 432 g/mol. The smallest absolute Gasteiger partial charge is 0.262 e. The van der Waals surface area contributed by atoms with E-state index >= 15 is 0 Å². The first kappa shape index (κ1) is 19.3. The Hall–Kier alpha value is -3.64. The number of benzene rings is 2. The first-order chi connectivity index (χ1) is 15.0. The van der Waals surface area contributed by atoms with E-state index in [0.717, 1.165) is 11.6 Å². The van der Waals surface area contributed by atoms with Gasteiger partial charge in [-0.25, -0.2) is 9.37 Å². The van der Waals surface area contributed by atoms with Gasteiger partial charge in [0.1, 0.15) is 5.82 Å². The van der Waals surface area contributed by atoms with Gasteiger partial charge in [0.2, 0.25) is 0 Å². The summed E-state index contributed by atoms with van der Waals surface area (Å²) in [4.78, 5) is 35.9. The molecule has 0 bridgehead atoms. The number of carbonyl (C=O) groups is 2. The van der Waals surface area contributed by atoms with Gasteiger partial charge in [-0.3, -0.25) is 19.5 Å². The number of pyridine rings is 2. The summed E-state index contributed by atoms with van der Waals surface area (Å²) >= 11 is 6.34. The van der Waals surface area contributed by atoms with Crippen LogP contribution >= 0.6 is 11.6 Å². The largest absolute Gasteiger partial charge is 0.269 e. The van der Waals surface area contributed by atoms with Crippen molar-refractivity contribution < 1.29 is 14.0 Å². The molecule has 1 atom stereocenters. The van der Waals surface area contributed by atoms with E-state index < -0.39 is 11.9 Å². The molecule has 0 aliphatic carbocycles. The monoisotopic (exact) mass is 431 g/mol. The van der Waals surface area contributed by atoms with E-state index in [4.69, 9.17) is 11.6 Å². The van der Waals surface area contributed by atoms with Gasteiger partial charge in [0.15, 0.2) is 0 Å². The Labute approximate surface area is 182 Å². The van der Waals surface area contributed by atoms with Crippen LogP contribution in [0.3, 0.4) is 0 Å². The molecule has 7 heteroatoms. The van der Waals surface area contributed by atoms with Crippen molar-refractivity contribution in [2.75, 3.05) is 0 Å². The predicted molar refractivity (Wildman–Crippen MR) is 115 cm³/mol. The van der Waals surface area contributed by atoms with Crippen LogP contribution < -0.4 is 0 Å². The van der Waals surface area contributed by atoms with Gasteiger partial charge in [0.05, 0.1) is 39.6 Å². The lowest BCUT2D eigenvalue weighted by molar-refractivity contribution is 0.0595. The number of amides is 2. The van der Waals surface area contributed by atoms with Crippen molar-refractivity contribution >= 4 is 34.3 Å². The molecule has 0 saturated heterocycles. The Morgan fingerprint density at radius 3 is 2.35 bits per heavy atom. The highest BCUT2D eigenvalue weighted by atomic mass is 35.5. The van der Waals surface area contributed by atoms with Crippen molar-refractivity contribution in [1.29, 1.82) is 0 Å². The van der Waals surface area contributed by atoms with Crippen LogP contribution in [0.2, 0.25) is 5.02 Å². The van der Waals surface area contributed by atoms with Crippen molar-refractivity contribution in [2.45, 2.75) is 13.0 Å². The summed E-state index contributed by atoms with van der Waals surface area (Å²) in [7, 11) is 0. The quantitative estimate of drug-likeness (QED) is 0.405. The molecule has 4 aromatic rings. The van der Waals surface area contributed by atoms with Gasteiger partial charge in [-0.1, -0.05) is 35.9 Å². The number of carbonyl (C=O) groups excluding carboxylic acids is 2. The van der Waals surface area contributed by atoms with Crippen molar-refractivity contribution in [2.24, 2.45) is 0 Å². The molecular formula is C24H15ClFN3O2. The van der Waals surface area contributed by atoms with Crippen molar-refractivity contribution in [1.82, 2.24) is 14.9 Å². The molecule has 1 aliphatic heterocycles. The van der Waals surface area contributed by atoms with E-state index in [-0.39, 0.29) is 11.8 Å². The molecule has 0 spiro atoms. The fourth-order valence-electron chi connectivity index (χ4n) is 3.97. The molecule has 0 saturated carbocycles. The summed E-state index contributed by atoms with van der Waals surface area (Å²) in [6.07, 6.45) is 2.59. The molecule has 0 radical (unpaired) electrons. The zero-order valence-corrected chi connectivity index (χ0v) is 17.1. The van der Waals surface area contributed by atoms with E-state index in [0.29, 0.717) is 38.5 Å². The van der Waals surface area contributed by atoms with Crippen LogP contribution in [0, 0.1) is 5.82 Å². The van der Waals surface area contributed by atoms with Crippen LogP contribution in [-0.2, 0) is 0 Å². The van der Waals surface area contributed by atoms with Crippen molar-refractivity contribution in [3.8, 4) is 11.3 Å². The zero-order valence-electron chi connectivity index (χ0n) is 16.3. The molecule has 1 aliphatic rings. The molecule has 3 heterocycles. The van der Waals surface area contributed by atoms with E-state index in [1.807, 2.05) is 12.1 Å². The van der Waals surface area contributed by atoms with E-state index in [9.17, 15) is 14.0 Å². The van der Waals surface area contributed by atoms with Gasteiger partial charge in [-0.2, -0.15) is 0 Å². The van der Waals surface area contributed by atoms with Gasteiger partial charge in [-0.05, 0) is 37.3 Å². The minimum Gasteiger partial charge on any atom is -0.269 e. The fraction of sp³-hybridized carbons (Fsp3) is 0.0833. The van der Waals surface area contributed by atoms with Crippen LogP contribution in [0.15, 0.2) is 67.0 Å². The third-order valence-electron chi connectivity index (χ3n) is 5.47. The Morgan fingerprint density at radius 1 is 0.968 bits per heavy atom. The Bertz CT molecular complexity index is 1350. The minimum atomic E-state index is -0.651. The summed E-state index contributed by atoms with van der Waals surface area (Å²) in [5.41, 5.74) is 2.71. The lowest BCUT2D eigenvalue weighted by atomic mass is 9.98. The predicted octanol–water partition coefficient (Wildman–Crippen LogP) is 5.45. The Kier molecular flexibility index (Phi) is 4.52. The number of fused-ring (bicyclic) bond motifs is 2. The Morgan fingerprint density at radius 2 is 1.68 bits per heavy atom. The number of hydrogen-bond acceptors (Lipinski definition) is 4. The molecule has 2 amide bonds. The molecule has 0 N–H and O–H groups in total. The molecule has 5 rings (SSSR count). The summed E-state index contributed by atoms with van der Waals surface area (Å²) in [5.74, 6) is -1.26. The van der Waals surface area contributed by atoms with Crippen LogP contribution in [0.1, 0.15) is 39.2 Å². The first-order valence-corrected chi connectivity index (χ1v) is 10.0. The highest BCUT2D eigenvalue weighted by Crippen LogP contribution is 2.37. The van der Waals surface area contributed by atoms with Crippen LogP contribution in [-0.4, -0.2) is 26.7 Å². The topological polar surface area (TPSA) is 63.2 Å². The summed E-state index contributed by atoms with van der Waals surface area (Å²) < 4.78 is 13.9. The second kappa shape index (κ2) is 7.25. The molecule has 0 unspecified atom stereocenters. The second-order valence-corrected chi connectivity index (χ2v) is 7.74. The number of rotatable bonds is 3. The Balaban J connectivity index is 1.71. The summed E-state index contributed by atoms with van der Waals surface area (Å²) in [5, 5.41) is 1.20. The summed E-state index contributed by atoms with van der Waals surface area (Å²) in [6.45, 7) is 1.76. The molecule has 0 fully saturated rings. The van der Waals surface area contributed by atoms with Gasteiger partial charge < -0.3 is 0 Å². The van der Waals surface area contributed by atoms with Gasteiger partial charge in [0, 0.05) is 22.7 Å². The maximum absolute atomic E-state index is 13.9. The molecular weight excluding hydrogens is 417 g/mol. The van der Waals surface area contributed by atoms with E-state index in [1.54, 1.807) is 43.3 Å². The molecule has 31 heavy (non-hydrogen) atoms. The number of halogens is 2. The third-order valence-corrected chi connectivity index (χ3v) is 5.77.